The molecule has 0 fully saturated rings. The van der Waals surface area contributed by atoms with Crippen molar-refractivity contribution in [1.82, 2.24) is 28.7 Å². The SMILES string of the molecule is [Pt+2].[c-]1ccnc2c1c1nc(-c3ccccc3-c3cn4c5ccccc5c5ncc[c-]c5c4n3)cn1c1ccccc21. The quantitative estimate of drug-likeness (QED) is 0.140. The summed E-state index contributed by atoms with van der Waals surface area (Å²) < 4.78 is 4.29. The summed E-state index contributed by atoms with van der Waals surface area (Å²) in [4.78, 5) is 19.6. The van der Waals surface area contributed by atoms with E-state index in [9.17, 15) is 0 Å². The van der Waals surface area contributed by atoms with Crippen molar-refractivity contribution in [3.63, 3.8) is 0 Å². The molecule has 6 heterocycles. The van der Waals surface area contributed by atoms with Crippen molar-refractivity contribution in [3.05, 3.63) is 122 Å². The molecule has 0 saturated carbocycles. The monoisotopic (exact) mass is 705 g/mol. The third kappa shape index (κ3) is 3.41. The maximum atomic E-state index is 5.14. The van der Waals surface area contributed by atoms with Gasteiger partial charge in [-0.2, -0.15) is 0 Å². The van der Waals surface area contributed by atoms with Crippen LogP contribution >= 0.6 is 0 Å². The molecule has 41 heavy (non-hydrogen) atoms. The van der Waals surface area contributed by atoms with Crippen LogP contribution in [-0.4, -0.2) is 28.7 Å². The molecule has 6 aromatic heterocycles. The predicted octanol–water partition coefficient (Wildman–Crippen LogP) is 7.32. The van der Waals surface area contributed by atoms with Crippen LogP contribution in [0.5, 0.6) is 0 Å². The minimum absolute atomic E-state index is 0. The maximum absolute atomic E-state index is 5.14. The summed E-state index contributed by atoms with van der Waals surface area (Å²) in [5, 5.41) is 3.95. The summed E-state index contributed by atoms with van der Waals surface area (Å²) in [6.45, 7) is 0. The number of pyridine rings is 4. The molecule has 194 valence electrons. The van der Waals surface area contributed by atoms with Gasteiger partial charge >= 0.3 is 21.1 Å². The second-order valence-electron chi connectivity index (χ2n) is 9.84. The van der Waals surface area contributed by atoms with Gasteiger partial charge in [-0.1, -0.05) is 83.8 Å². The molecule has 0 atom stereocenters. The second kappa shape index (κ2) is 9.05. The average molecular weight is 706 g/mol. The normalized spacial score (nSPS) is 11.7. The first-order chi connectivity index (χ1) is 19.8. The van der Waals surface area contributed by atoms with Gasteiger partial charge in [-0.25, -0.2) is 0 Å². The smallest absolute Gasteiger partial charge is 0.351 e. The molecule has 0 aliphatic carbocycles. The molecule has 0 amide bonds. The first-order valence-electron chi connectivity index (χ1n) is 13.1. The molecule has 0 aliphatic rings. The number of imidazole rings is 2. The number of hydrogen-bond acceptors (Lipinski definition) is 4. The fourth-order valence-corrected chi connectivity index (χ4v) is 5.92. The van der Waals surface area contributed by atoms with Gasteiger partial charge in [0.05, 0.1) is 22.7 Å². The molecule has 0 unspecified atom stereocenters. The number of nitrogens with zero attached hydrogens (tertiary/aromatic N) is 6. The third-order valence-corrected chi connectivity index (χ3v) is 7.66. The summed E-state index contributed by atoms with van der Waals surface area (Å²) in [6.07, 6.45) is 7.78. The minimum atomic E-state index is 0. The van der Waals surface area contributed by atoms with Crippen LogP contribution in [-0.2, 0) is 21.1 Å². The number of para-hydroxylation sites is 2. The van der Waals surface area contributed by atoms with E-state index in [0.717, 1.165) is 77.4 Å². The zero-order valence-corrected chi connectivity index (χ0v) is 23.7. The Labute approximate surface area is 248 Å². The molecule has 0 spiro atoms. The van der Waals surface area contributed by atoms with E-state index in [0.29, 0.717) is 0 Å². The Morgan fingerprint density at radius 2 is 0.976 bits per heavy atom. The summed E-state index contributed by atoms with van der Waals surface area (Å²) in [5.41, 5.74) is 9.33. The molecule has 0 radical (unpaired) electrons. The van der Waals surface area contributed by atoms with E-state index in [1.54, 1.807) is 12.4 Å². The van der Waals surface area contributed by atoms with Crippen molar-refractivity contribution in [2.45, 2.75) is 0 Å². The van der Waals surface area contributed by atoms with Crippen LogP contribution in [0.25, 0.3) is 77.4 Å². The molecule has 9 rings (SSSR count). The fraction of sp³-hybridized carbons (Fsp3) is 0. The van der Waals surface area contributed by atoms with Crippen LogP contribution in [0.4, 0.5) is 0 Å². The van der Waals surface area contributed by atoms with E-state index in [2.05, 4.69) is 79.7 Å². The molecule has 0 saturated heterocycles. The van der Waals surface area contributed by atoms with E-state index in [4.69, 9.17) is 9.97 Å². The van der Waals surface area contributed by atoms with E-state index in [1.807, 2.05) is 48.5 Å². The van der Waals surface area contributed by atoms with Crippen molar-refractivity contribution in [1.29, 1.82) is 0 Å². The standard InChI is InChI=1S/C34H18N6.Pt/c1-2-10-22(28-20-40-30-16-6-4-12-24(30)32-26(34(40)38-28)14-8-18-36-32)21(9-1)27-19-39-29-15-5-3-11-23(29)31-25(33(39)37-27)13-7-17-35-31;/h1-12,15-20H;/q-2;+2. The Kier molecular flexibility index (Phi) is 5.28. The van der Waals surface area contributed by atoms with E-state index >= 15 is 0 Å². The van der Waals surface area contributed by atoms with Crippen LogP contribution in [0.1, 0.15) is 0 Å². The topological polar surface area (TPSA) is 60.4 Å². The van der Waals surface area contributed by atoms with Crippen LogP contribution < -0.4 is 0 Å². The van der Waals surface area contributed by atoms with Crippen molar-refractivity contribution < 1.29 is 21.1 Å². The maximum Gasteiger partial charge on any atom is 2.00 e. The third-order valence-electron chi connectivity index (χ3n) is 7.66. The molecular weight excluding hydrogens is 687 g/mol. The number of hydrogen-bond donors (Lipinski definition) is 0. The molecule has 9 aromatic rings. The number of benzene rings is 3. The van der Waals surface area contributed by atoms with Gasteiger partial charge in [0.1, 0.15) is 0 Å². The van der Waals surface area contributed by atoms with E-state index in [1.165, 1.54) is 0 Å². The Morgan fingerprint density at radius 1 is 0.537 bits per heavy atom. The number of aromatic nitrogens is 6. The van der Waals surface area contributed by atoms with Crippen molar-refractivity contribution in [3.8, 4) is 22.5 Å². The molecule has 0 bridgehead atoms. The zero-order chi connectivity index (χ0) is 26.2. The summed E-state index contributed by atoms with van der Waals surface area (Å²) >= 11 is 0. The van der Waals surface area contributed by atoms with Gasteiger partial charge in [0.25, 0.3) is 0 Å². The van der Waals surface area contributed by atoms with E-state index < -0.39 is 0 Å². The minimum Gasteiger partial charge on any atom is -0.351 e. The molecule has 7 heteroatoms. The fourth-order valence-electron chi connectivity index (χ4n) is 5.92. The van der Waals surface area contributed by atoms with Crippen LogP contribution in [0.15, 0.2) is 110 Å². The molecule has 0 aliphatic heterocycles. The van der Waals surface area contributed by atoms with Crippen molar-refractivity contribution in [2.75, 3.05) is 0 Å². The second-order valence-corrected chi connectivity index (χ2v) is 9.84. The van der Waals surface area contributed by atoms with Gasteiger partial charge in [0, 0.05) is 34.6 Å². The van der Waals surface area contributed by atoms with Gasteiger partial charge in [0.15, 0.2) is 0 Å². The Hall–Kier alpha value is -4.93. The van der Waals surface area contributed by atoms with Gasteiger partial charge in [0.2, 0.25) is 0 Å². The van der Waals surface area contributed by atoms with E-state index in [-0.39, 0.29) is 21.1 Å². The first-order valence-corrected chi connectivity index (χ1v) is 13.1. The van der Waals surface area contributed by atoms with Crippen molar-refractivity contribution in [2.24, 2.45) is 0 Å². The Morgan fingerprint density at radius 3 is 1.46 bits per heavy atom. The summed E-state index contributed by atoms with van der Waals surface area (Å²) in [7, 11) is 0. The number of fused-ring (bicyclic) bond motifs is 12. The number of rotatable bonds is 2. The average Bonchev–Trinajstić information content (AvgIpc) is 3.68. The van der Waals surface area contributed by atoms with Gasteiger partial charge in [-0.05, 0) is 33.9 Å². The van der Waals surface area contributed by atoms with Gasteiger partial charge in [-0.3, -0.25) is 9.97 Å². The first kappa shape index (κ1) is 23.9. The molecule has 6 nitrogen and oxygen atoms in total. The molecule has 0 N–H and O–H groups in total. The summed E-state index contributed by atoms with van der Waals surface area (Å²) in [5.74, 6) is 0. The van der Waals surface area contributed by atoms with Crippen LogP contribution in [0.2, 0.25) is 0 Å². The Balaban J connectivity index is 0.00000256. The Bertz CT molecular complexity index is 2140. The van der Waals surface area contributed by atoms with Crippen LogP contribution in [0, 0.1) is 12.1 Å². The molecule has 3 aromatic carbocycles. The zero-order valence-electron chi connectivity index (χ0n) is 21.4. The summed E-state index contributed by atoms with van der Waals surface area (Å²) in [6, 6.07) is 35.3. The van der Waals surface area contributed by atoms with Gasteiger partial charge in [-0.15, -0.1) is 24.3 Å². The van der Waals surface area contributed by atoms with Crippen LogP contribution in [0.3, 0.4) is 0 Å². The largest absolute Gasteiger partial charge is 2.00 e. The van der Waals surface area contributed by atoms with Crippen molar-refractivity contribution >= 4 is 54.9 Å². The predicted molar refractivity (Wildman–Crippen MR) is 158 cm³/mol. The van der Waals surface area contributed by atoms with Gasteiger partial charge < -0.3 is 18.8 Å². The molecular formula is C34H18N6Pt.